The van der Waals surface area contributed by atoms with Gasteiger partial charge in [-0.2, -0.15) is 0 Å². The molecule has 0 spiro atoms. The molecule has 17 unspecified atom stereocenters. The van der Waals surface area contributed by atoms with Gasteiger partial charge in [0.2, 0.25) is 5.91 Å². The number of rotatable bonds is 63. The second-order valence-electron chi connectivity index (χ2n) is 28.5. The molecule has 0 saturated carbocycles. The van der Waals surface area contributed by atoms with Crippen LogP contribution in [-0.2, 0) is 33.2 Å². The van der Waals surface area contributed by atoms with Crippen LogP contribution in [0.5, 0.6) is 0 Å². The van der Waals surface area contributed by atoms with E-state index in [1.54, 1.807) is 6.08 Å². The van der Waals surface area contributed by atoms with Gasteiger partial charge >= 0.3 is 0 Å². The number of hydrogen-bond donors (Lipinski definition) is 12. The molecule has 582 valence electrons. The van der Waals surface area contributed by atoms with E-state index in [9.17, 15) is 61.0 Å². The molecule has 3 heterocycles. The zero-order valence-electron chi connectivity index (χ0n) is 62.2. The van der Waals surface area contributed by atoms with Crippen molar-refractivity contribution in [2.75, 3.05) is 26.4 Å². The fraction of sp³-hybridized carbons (Fsp3) is 0.840. The highest BCUT2D eigenvalue weighted by Gasteiger charge is 2.54. The molecule has 0 bridgehead atoms. The summed E-state index contributed by atoms with van der Waals surface area (Å²) in [4.78, 5) is 13.5. The molecule has 3 aliphatic rings. The summed E-state index contributed by atoms with van der Waals surface area (Å²) < 4.78 is 34.4. The molecule has 3 aliphatic heterocycles. The highest BCUT2D eigenvalue weighted by atomic mass is 16.8. The molecule has 3 rings (SSSR count). The number of unbranched alkanes of at least 4 members (excludes halogenated alkanes) is 37. The van der Waals surface area contributed by atoms with Gasteiger partial charge in [-0.05, 0) is 83.5 Å². The maximum Gasteiger partial charge on any atom is 0.220 e. The predicted octanol–water partition coefficient (Wildman–Crippen LogP) is 13.2. The van der Waals surface area contributed by atoms with Crippen molar-refractivity contribution in [1.29, 1.82) is 0 Å². The maximum atomic E-state index is 13.5. The van der Waals surface area contributed by atoms with Gasteiger partial charge in [-0.3, -0.25) is 4.79 Å². The van der Waals surface area contributed by atoms with Gasteiger partial charge in [-0.25, -0.2) is 0 Å². The van der Waals surface area contributed by atoms with E-state index < -0.39 is 124 Å². The Balaban J connectivity index is 1.40. The molecular formula is C81H145NO18. The van der Waals surface area contributed by atoms with E-state index in [1.807, 2.05) is 6.08 Å². The van der Waals surface area contributed by atoms with Crippen LogP contribution < -0.4 is 5.32 Å². The molecule has 17 atom stereocenters. The lowest BCUT2D eigenvalue weighted by molar-refractivity contribution is -0.379. The molecule has 1 amide bonds. The number of allylic oxidation sites excluding steroid dienone is 11. The topological polar surface area (TPSA) is 307 Å². The van der Waals surface area contributed by atoms with Crippen LogP contribution in [0, 0.1) is 0 Å². The van der Waals surface area contributed by atoms with Crippen LogP contribution >= 0.6 is 0 Å². The summed E-state index contributed by atoms with van der Waals surface area (Å²) in [6.45, 7) is 1.72. The summed E-state index contributed by atoms with van der Waals surface area (Å²) in [5.74, 6) is -0.293. The summed E-state index contributed by atoms with van der Waals surface area (Å²) >= 11 is 0. The lowest BCUT2D eigenvalue weighted by atomic mass is 9.96. The summed E-state index contributed by atoms with van der Waals surface area (Å²) in [5.41, 5.74) is 0. The average molecular weight is 1420 g/mol. The maximum absolute atomic E-state index is 13.5. The summed E-state index contributed by atoms with van der Waals surface area (Å²) in [7, 11) is 0. The fourth-order valence-corrected chi connectivity index (χ4v) is 13.2. The third-order valence-corrected chi connectivity index (χ3v) is 19.7. The third-order valence-electron chi connectivity index (χ3n) is 19.7. The molecule has 19 heteroatoms. The van der Waals surface area contributed by atoms with Gasteiger partial charge in [0.05, 0.1) is 38.6 Å². The van der Waals surface area contributed by atoms with E-state index in [0.29, 0.717) is 12.8 Å². The predicted molar refractivity (Wildman–Crippen MR) is 397 cm³/mol. The van der Waals surface area contributed by atoms with E-state index >= 15 is 0 Å². The van der Waals surface area contributed by atoms with Gasteiger partial charge in [0.15, 0.2) is 18.9 Å². The van der Waals surface area contributed by atoms with Crippen molar-refractivity contribution in [3.05, 3.63) is 72.9 Å². The van der Waals surface area contributed by atoms with Crippen molar-refractivity contribution in [3.63, 3.8) is 0 Å². The standard InChI is InChI=1S/C81H145NO18/c1-3-5-7-9-11-13-15-17-19-21-23-25-27-29-30-31-32-33-35-36-38-40-42-44-46-48-50-52-54-56-58-65(86)64(82-69(87)59-57-55-53-51-49-47-45-43-41-39-37-34-28-26-24-22-20-18-16-14-12-10-8-6-4-2)63-95-79-75(93)72(90)77(67(61-84)97-79)100-81-76(94)73(91)78(68(62-85)98-81)99-80-74(92)71(89)70(88)66(60-83)96-80/h16,18,22,24,28,34,40,42,48,50,56,58,64-68,70-81,83-86,88-94H,3-15,17,19-21,23,25-27,29-33,35-39,41,43-47,49,51-55,57,59-63H2,1-2H3,(H,82,87)/b18-16-,24-22-,34-28-,42-40+,50-48+,58-56+. The van der Waals surface area contributed by atoms with Crippen LogP contribution in [0.4, 0.5) is 0 Å². The summed E-state index contributed by atoms with van der Waals surface area (Å²) in [5, 5.41) is 121. The van der Waals surface area contributed by atoms with Gasteiger partial charge < -0.3 is 89.9 Å². The van der Waals surface area contributed by atoms with E-state index in [-0.39, 0.29) is 18.9 Å². The van der Waals surface area contributed by atoms with Gasteiger partial charge in [-0.15, -0.1) is 0 Å². The van der Waals surface area contributed by atoms with Crippen LogP contribution in [0.15, 0.2) is 72.9 Å². The smallest absolute Gasteiger partial charge is 0.220 e. The van der Waals surface area contributed by atoms with Crippen LogP contribution in [0.3, 0.4) is 0 Å². The van der Waals surface area contributed by atoms with E-state index in [0.717, 1.165) is 70.6 Å². The minimum atomic E-state index is -1.99. The first kappa shape index (κ1) is 91.4. The lowest BCUT2D eigenvalue weighted by Crippen LogP contribution is -2.66. The number of aliphatic hydroxyl groups excluding tert-OH is 11. The first-order valence-electron chi connectivity index (χ1n) is 40.2. The first-order chi connectivity index (χ1) is 48.8. The van der Waals surface area contributed by atoms with Gasteiger partial charge in [-0.1, -0.05) is 286 Å². The number of amides is 1. The van der Waals surface area contributed by atoms with Gasteiger partial charge in [0, 0.05) is 6.42 Å². The number of carbonyl (C=O) groups is 1. The number of nitrogens with one attached hydrogen (secondary N) is 1. The molecule has 3 saturated heterocycles. The molecule has 100 heavy (non-hydrogen) atoms. The van der Waals surface area contributed by atoms with Crippen molar-refractivity contribution < 1.29 is 89.4 Å². The molecule has 19 nitrogen and oxygen atoms in total. The number of aliphatic hydroxyl groups is 11. The number of ether oxygens (including phenoxy) is 6. The molecule has 0 aromatic carbocycles. The first-order valence-corrected chi connectivity index (χ1v) is 40.2. The Morgan fingerprint density at radius 3 is 1.07 bits per heavy atom. The second kappa shape index (κ2) is 61.4. The van der Waals surface area contributed by atoms with Crippen molar-refractivity contribution in [1.82, 2.24) is 5.32 Å². The highest BCUT2D eigenvalue weighted by molar-refractivity contribution is 5.76. The van der Waals surface area contributed by atoms with Crippen molar-refractivity contribution in [3.8, 4) is 0 Å². The fourth-order valence-electron chi connectivity index (χ4n) is 13.2. The van der Waals surface area contributed by atoms with Crippen molar-refractivity contribution in [2.45, 2.75) is 407 Å². The average Bonchev–Trinajstić information content (AvgIpc) is 0.783. The Morgan fingerprint density at radius 1 is 0.360 bits per heavy atom. The molecule has 0 aliphatic carbocycles. The van der Waals surface area contributed by atoms with Crippen LogP contribution in [0.2, 0.25) is 0 Å². The molecule has 3 fully saturated rings. The van der Waals surface area contributed by atoms with Crippen LogP contribution in [0.1, 0.15) is 303 Å². The monoisotopic (exact) mass is 1420 g/mol. The van der Waals surface area contributed by atoms with Crippen LogP contribution in [-0.4, -0.2) is 193 Å². The Hall–Kier alpha value is -2.77. The molecule has 0 aromatic rings. The van der Waals surface area contributed by atoms with Crippen LogP contribution in [0.25, 0.3) is 0 Å². The normalized spacial score (nSPS) is 26.8. The second-order valence-corrected chi connectivity index (χ2v) is 28.5. The SMILES string of the molecule is CCCCCCC/C=C\C/C=C\C/C=C\CCCCCCCCCCCCC(=O)NC(COC1OC(CO)C(OC2OC(CO)C(OC3OC(CO)C(O)C(O)C3O)C(O)C2O)C(O)C1O)C(O)/C=C/CC/C=C/CC/C=C/CCCCCCCCCCCCCCCCCCCCCC. The van der Waals surface area contributed by atoms with E-state index in [4.69, 9.17) is 28.4 Å². The van der Waals surface area contributed by atoms with E-state index in [1.165, 1.54) is 199 Å². The quantitative estimate of drug-likeness (QED) is 0.0199. The Bertz CT molecular complexity index is 2090. The third kappa shape index (κ3) is 41.2. The Labute approximate surface area is 604 Å². The Kier molecular flexibility index (Phi) is 56.1. The molecule has 0 radical (unpaired) electrons. The molecule has 0 aromatic heterocycles. The van der Waals surface area contributed by atoms with Gasteiger partial charge in [0.25, 0.3) is 0 Å². The minimum Gasteiger partial charge on any atom is -0.394 e. The summed E-state index contributed by atoms with van der Waals surface area (Å²) in [6, 6.07) is -1.00. The largest absolute Gasteiger partial charge is 0.394 e. The van der Waals surface area contributed by atoms with E-state index in [2.05, 4.69) is 79.9 Å². The highest BCUT2D eigenvalue weighted by Crippen LogP contribution is 2.33. The summed E-state index contributed by atoms with van der Waals surface area (Å²) in [6.07, 6.45) is 53.2. The van der Waals surface area contributed by atoms with Crippen molar-refractivity contribution >= 4 is 5.91 Å². The number of hydrogen-bond acceptors (Lipinski definition) is 18. The molecular weight excluding hydrogens is 1270 g/mol. The lowest BCUT2D eigenvalue weighted by Gasteiger charge is -2.48. The van der Waals surface area contributed by atoms with Gasteiger partial charge in [0.1, 0.15) is 73.2 Å². The zero-order valence-corrected chi connectivity index (χ0v) is 62.2. The minimum absolute atomic E-state index is 0.225. The van der Waals surface area contributed by atoms with Crippen molar-refractivity contribution in [2.24, 2.45) is 0 Å². The molecule has 12 N–H and O–H groups in total. The number of carbonyl (C=O) groups excluding carboxylic acids is 1. The Morgan fingerprint density at radius 2 is 0.670 bits per heavy atom. The zero-order chi connectivity index (χ0) is 72.5.